The third-order valence-electron chi connectivity index (χ3n) is 3.50. The zero-order valence-electron chi connectivity index (χ0n) is 8.07. The van der Waals surface area contributed by atoms with Crippen LogP contribution in [0.2, 0.25) is 0 Å². The van der Waals surface area contributed by atoms with Crippen molar-refractivity contribution in [1.29, 1.82) is 0 Å². The van der Waals surface area contributed by atoms with Crippen molar-refractivity contribution >= 4 is 5.91 Å². The van der Waals surface area contributed by atoms with Gasteiger partial charge in [-0.25, -0.2) is 0 Å². The van der Waals surface area contributed by atoms with Gasteiger partial charge in [0.15, 0.2) is 0 Å². The van der Waals surface area contributed by atoms with E-state index < -0.39 is 0 Å². The molecule has 0 spiro atoms. The molecular weight excluding hydrogens is 166 g/mol. The Morgan fingerprint density at radius 1 is 1.46 bits per heavy atom. The maximum Gasteiger partial charge on any atom is 0.219 e. The van der Waals surface area contributed by atoms with Crippen LogP contribution in [0.3, 0.4) is 0 Å². The van der Waals surface area contributed by atoms with Gasteiger partial charge >= 0.3 is 0 Å². The summed E-state index contributed by atoms with van der Waals surface area (Å²) in [6.45, 7) is 2.42. The first-order chi connectivity index (χ1) is 6.20. The van der Waals surface area contributed by atoms with Gasteiger partial charge in [0.2, 0.25) is 5.91 Å². The van der Waals surface area contributed by atoms with E-state index in [4.69, 9.17) is 0 Å². The molecule has 1 saturated carbocycles. The lowest BCUT2D eigenvalue weighted by Crippen LogP contribution is -2.58. The lowest BCUT2D eigenvalue weighted by molar-refractivity contribution is -0.144. The molecule has 0 radical (unpaired) electrons. The molecule has 0 aromatic carbocycles. The Labute approximate surface area is 78.7 Å². The van der Waals surface area contributed by atoms with Crippen LogP contribution in [-0.4, -0.2) is 34.6 Å². The van der Waals surface area contributed by atoms with Gasteiger partial charge in [0.25, 0.3) is 0 Å². The molecule has 3 nitrogen and oxygen atoms in total. The van der Waals surface area contributed by atoms with E-state index in [1.807, 2.05) is 0 Å². The second-order valence-corrected chi connectivity index (χ2v) is 4.25. The minimum atomic E-state index is -0.258. The maximum atomic E-state index is 11.1. The number of amides is 1. The molecule has 1 amide bonds. The van der Waals surface area contributed by atoms with Crippen molar-refractivity contribution < 1.29 is 9.90 Å². The van der Waals surface area contributed by atoms with Gasteiger partial charge in [0, 0.05) is 13.5 Å². The monoisotopic (exact) mass is 183 g/mol. The maximum absolute atomic E-state index is 11.1. The highest BCUT2D eigenvalue weighted by Gasteiger charge is 2.40. The lowest BCUT2D eigenvalue weighted by atomic mass is 9.76. The van der Waals surface area contributed by atoms with Gasteiger partial charge in [-0.2, -0.15) is 0 Å². The zero-order valence-corrected chi connectivity index (χ0v) is 8.07. The van der Waals surface area contributed by atoms with Crippen LogP contribution in [0.15, 0.2) is 0 Å². The second kappa shape index (κ2) is 3.29. The number of aliphatic hydroxyl groups excluding tert-OH is 1. The number of nitrogens with zero attached hydrogens (tertiary/aromatic N) is 1. The largest absolute Gasteiger partial charge is 0.391 e. The molecule has 2 rings (SSSR count). The van der Waals surface area contributed by atoms with Gasteiger partial charge in [0.1, 0.15) is 0 Å². The highest BCUT2D eigenvalue weighted by Crippen LogP contribution is 2.35. The molecule has 1 saturated heterocycles. The zero-order chi connectivity index (χ0) is 9.42. The van der Waals surface area contributed by atoms with Crippen molar-refractivity contribution in [1.82, 2.24) is 4.90 Å². The van der Waals surface area contributed by atoms with Crippen LogP contribution in [0.5, 0.6) is 0 Å². The minimum Gasteiger partial charge on any atom is -0.391 e. The van der Waals surface area contributed by atoms with E-state index in [1.54, 1.807) is 11.8 Å². The van der Waals surface area contributed by atoms with Crippen molar-refractivity contribution in [3.8, 4) is 0 Å². The average Bonchev–Trinajstić information content (AvgIpc) is 1.76. The van der Waals surface area contributed by atoms with Gasteiger partial charge in [-0.3, -0.25) is 4.79 Å². The summed E-state index contributed by atoms with van der Waals surface area (Å²) < 4.78 is 0. The summed E-state index contributed by atoms with van der Waals surface area (Å²) in [5.41, 5.74) is 0. The quantitative estimate of drug-likeness (QED) is 0.687. The third kappa shape index (κ3) is 1.46. The van der Waals surface area contributed by atoms with Gasteiger partial charge in [0.05, 0.1) is 12.1 Å². The number of carbonyl (C=O) groups is 1. The Morgan fingerprint density at radius 2 is 2.15 bits per heavy atom. The summed E-state index contributed by atoms with van der Waals surface area (Å²) in [6.07, 6.45) is 4.25. The molecule has 2 fully saturated rings. The highest BCUT2D eigenvalue weighted by atomic mass is 16.3. The smallest absolute Gasteiger partial charge is 0.219 e. The van der Waals surface area contributed by atoms with Crippen LogP contribution in [0.25, 0.3) is 0 Å². The molecule has 1 aliphatic heterocycles. The fourth-order valence-corrected chi connectivity index (χ4v) is 2.25. The molecule has 13 heavy (non-hydrogen) atoms. The normalized spacial score (nSPS) is 30.6. The number of aliphatic hydroxyl groups is 1. The van der Waals surface area contributed by atoms with Gasteiger partial charge in [-0.1, -0.05) is 6.42 Å². The molecule has 2 aliphatic rings. The summed E-state index contributed by atoms with van der Waals surface area (Å²) in [7, 11) is 0. The first-order valence-electron chi connectivity index (χ1n) is 5.15. The van der Waals surface area contributed by atoms with Crippen molar-refractivity contribution in [2.75, 3.05) is 6.54 Å². The van der Waals surface area contributed by atoms with E-state index in [0.29, 0.717) is 5.92 Å². The van der Waals surface area contributed by atoms with Crippen LogP contribution in [-0.2, 0) is 4.79 Å². The van der Waals surface area contributed by atoms with E-state index in [-0.39, 0.29) is 18.1 Å². The fraction of sp³-hybridized carbons (Fsp3) is 0.900. The van der Waals surface area contributed by atoms with E-state index in [0.717, 1.165) is 25.8 Å². The molecule has 0 aromatic rings. The first-order valence-corrected chi connectivity index (χ1v) is 5.15. The topological polar surface area (TPSA) is 40.5 Å². The fourth-order valence-electron chi connectivity index (χ4n) is 2.25. The van der Waals surface area contributed by atoms with Crippen LogP contribution < -0.4 is 0 Å². The van der Waals surface area contributed by atoms with Crippen LogP contribution >= 0.6 is 0 Å². The van der Waals surface area contributed by atoms with E-state index >= 15 is 0 Å². The van der Waals surface area contributed by atoms with E-state index in [1.165, 1.54) is 6.42 Å². The molecule has 2 atom stereocenters. The third-order valence-corrected chi connectivity index (χ3v) is 3.50. The molecule has 0 aromatic heterocycles. The molecule has 0 bridgehead atoms. The number of rotatable bonds is 2. The van der Waals surface area contributed by atoms with Crippen LogP contribution in [0.1, 0.15) is 32.6 Å². The molecule has 1 N–H and O–H groups in total. The number of hydrogen-bond acceptors (Lipinski definition) is 2. The number of likely N-dealkylation sites (tertiary alicyclic amines) is 1. The SMILES string of the molecule is CC(=O)N1CCC1C(O)C1CCC1. The molecule has 2 unspecified atom stereocenters. The second-order valence-electron chi connectivity index (χ2n) is 4.25. The Balaban J connectivity index is 1.89. The summed E-state index contributed by atoms with van der Waals surface area (Å²) in [6, 6.07) is 0.128. The minimum absolute atomic E-state index is 0.106. The Bertz CT molecular complexity index is 213. The van der Waals surface area contributed by atoms with Crippen molar-refractivity contribution in [2.24, 2.45) is 5.92 Å². The van der Waals surface area contributed by atoms with Gasteiger partial charge in [-0.05, 0) is 25.2 Å². The molecule has 3 heteroatoms. The van der Waals surface area contributed by atoms with Gasteiger partial charge < -0.3 is 10.0 Å². The lowest BCUT2D eigenvalue weighted by Gasteiger charge is -2.47. The van der Waals surface area contributed by atoms with Crippen LogP contribution in [0, 0.1) is 5.92 Å². The van der Waals surface area contributed by atoms with Crippen molar-refractivity contribution in [3.05, 3.63) is 0 Å². The van der Waals surface area contributed by atoms with E-state index in [9.17, 15) is 9.90 Å². The summed E-state index contributed by atoms with van der Waals surface area (Å²) >= 11 is 0. The Kier molecular flexibility index (Phi) is 2.28. The van der Waals surface area contributed by atoms with Crippen LogP contribution in [0.4, 0.5) is 0 Å². The van der Waals surface area contributed by atoms with Crippen molar-refractivity contribution in [3.63, 3.8) is 0 Å². The Morgan fingerprint density at radius 3 is 2.46 bits per heavy atom. The number of hydrogen-bond donors (Lipinski definition) is 1. The molecule has 1 aliphatic carbocycles. The predicted octanol–water partition coefficient (Wildman–Crippen LogP) is 0.768. The van der Waals surface area contributed by atoms with E-state index in [2.05, 4.69) is 0 Å². The van der Waals surface area contributed by atoms with Crippen molar-refractivity contribution in [2.45, 2.75) is 44.8 Å². The van der Waals surface area contributed by atoms with Gasteiger partial charge in [-0.15, -0.1) is 0 Å². The standard InChI is InChI=1S/C10H17NO2/c1-7(12)11-6-5-9(11)10(13)8-3-2-4-8/h8-10,13H,2-6H2,1H3. The summed E-state index contributed by atoms with van der Waals surface area (Å²) in [4.78, 5) is 12.9. The highest BCUT2D eigenvalue weighted by molar-refractivity contribution is 5.74. The summed E-state index contributed by atoms with van der Waals surface area (Å²) in [5, 5.41) is 9.91. The molecule has 1 heterocycles. The first kappa shape index (κ1) is 9.00. The molecular formula is C10H17NO2. The Hall–Kier alpha value is -0.570. The molecule has 74 valence electrons. The number of carbonyl (C=O) groups excluding carboxylic acids is 1. The predicted molar refractivity (Wildman–Crippen MR) is 49.1 cm³/mol. The summed E-state index contributed by atoms with van der Waals surface area (Å²) in [5.74, 6) is 0.571. The average molecular weight is 183 g/mol.